The molecule has 6 rings (SSSR count). The van der Waals surface area contributed by atoms with Gasteiger partial charge in [0.15, 0.2) is 32.6 Å². The molecule has 3 aromatic carbocycles. The summed E-state index contributed by atoms with van der Waals surface area (Å²) in [6, 6.07) is 26.7. The summed E-state index contributed by atoms with van der Waals surface area (Å²) in [6.45, 7) is 0. The van der Waals surface area contributed by atoms with Gasteiger partial charge in [0.2, 0.25) is 0 Å². The normalized spacial score (nSPS) is 14.7. The van der Waals surface area contributed by atoms with Crippen LogP contribution < -0.4 is 8.98 Å². The summed E-state index contributed by atoms with van der Waals surface area (Å²) in [6.07, 6.45) is 0. The summed E-state index contributed by atoms with van der Waals surface area (Å²) in [5.41, 5.74) is 10.6. The zero-order chi connectivity index (χ0) is 18.3. The Morgan fingerprint density at radius 2 is 1.07 bits per heavy atom. The molecule has 1 heterocycles. The third kappa shape index (κ3) is 1.79. The zero-order valence-corrected chi connectivity index (χ0v) is 18.1. The minimum Gasteiger partial charge on any atom is -0.471 e. The average Bonchev–Trinajstić information content (AvgIpc) is 3.27. The van der Waals surface area contributed by atoms with Gasteiger partial charge in [-0.3, -0.25) is 0 Å². The summed E-state index contributed by atoms with van der Waals surface area (Å²) in [5, 5.41) is 0. The predicted octanol–water partition coefficient (Wildman–Crippen LogP) is 2.35. The molecule has 4 aromatic rings. The highest BCUT2D eigenvalue weighted by atomic mass is 27.1. The van der Waals surface area contributed by atoms with Crippen LogP contribution in [0.25, 0.3) is 22.4 Å². The number of aromatic nitrogens is 1. The van der Waals surface area contributed by atoms with Gasteiger partial charge >= 0.3 is 16.5 Å². The lowest BCUT2D eigenvalue weighted by molar-refractivity contribution is 0.800. The van der Waals surface area contributed by atoms with Gasteiger partial charge in [-0.1, -0.05) is 72.8 Å². The van der Waals surface area contributed by atoms with Gasteiger partial charge in [-0.25, -0.2) is 0 Å². The molecule has 1 spiro atoms. The molecule has 118 valence electrons. The van der Waals surface area contributed by atoms with E-state index in [4.69, 9.17) is 0 Å². The molecule has 0 unspecified atom stereocenters. The standard InChI is InChI=1S/C23H12N.3Al/c1-4-10-18-15(7-1)16-8-2-5-11-19(16)23(18)20-12-6-3-9-17(20)22-21(23)13-14-24-22;;;/h1-12H;;;/q-1;;;+1. The van der Waals surface area contributed by atoms with Crippen LogP contribution in [0.15, 0.2) is 72.8 Å². The van der Waals surface area contributed by atoms with Crippen molar-refractivity contribution < 1.29 is 0 Å². The van der Waals surface area contributed by atoms with Crippen molar-refractivity contribution in [3.05, 3.63) is 95.1 Å². The molecule has 27 heavy (non-hydrogen) atoms. The molecule has 0 fully saturated rings. The fourth-order valence-corrected chi connectivity index (χ4v) is 6.54. The van der Waals surface area contributed by atoms with Crippen LogP contribution >= 0.6 is 0 Å². The fraction of sp³-hybridized carbons (Fsp3) is 0.0435. The first-order valence-corrected chi connectivity index (χ1v) is 10.7. The lowest BCUT2D eigenvalue weighted by Gasteiger charge is -2.31. The first-order valence-electron chi connectivity index (χ1n) is 9.01. The Morgan fingerprint density at radius 1 is 0.630 bits per heavy atom. The summed E-state index contributed by atoms with van der Waals surface area (Å²) in [7, 11) is 0. The van der Waals surface area contributed by atoms with Crippen molar-refractivity contribution in [2.45, 2.75) is 5.41 Å². The van der Waals surface area contributed by atoms with Crippen molar-refractivity contribution in [3.63, 3.8) is 0 Å². The van der Waals surface area contributed by atoms with Gasteiger partial charge in [-0.15, -0.1) is 8.98 Å². The maximum absolute atomic E-state index is 3.01. The Kier molecular flexibility index (Phi) is 3.38. The Hall–Kier alpha value is -1.46. The average molecular weight is 383 g/mol. The number of hydrogen-bond acceptors (Lipinski definition) is 0. The van der Waals surface area contributed by atoms with Gasteiger partial charge in [0, 0.05) is 11.3 Å². The Bertz CT molecular complexity index is 1220. The van der Waals surface area contributed by atoms with Crippen LogP contribution in [0.4, 0.5) is 0 Å². The maximum atomic E-state index is 3.01. The summed E-state index contributed by atoms with van der Waals surface area (Å²) < 4.78 is 4.72. The second-order valence-electron chi connectivity index (χ2n) is 7.28. The minimum atomic E-state index is -0.247. The van der Waals surface area contributed by atoms with Gasteiger partial charge in [0.25, 0.3) is 0 Å². The van der Waals surface area contributed by atoms with Gasteiger partial charge in [0.05, 0.1) is 5.41 Å². The van der Waals surface area contributed by atoms with Crippen molar-refractivity contribution in [2.24, 2.45) is 0 Å². The maximum Gasteiger partial charge on any atom is 0.314 e. The molecule has 0 N–H and O–H groups in total. The monoisotopic (exact) mass is 383 g/mol. The number of benzene rings is 3. The van der Waals surface area contributed by atoms with Gasteiger partial charge < -0.3 is 3.55 Å². The molecular formula is C23H12Al3N. The smallest absolute Gasteiger partial charge is 0.314 e. The Labute approximate surface area is 183 Å². The van der Waals surface area contributed by atoms with Crippen LogP contribution in [0, 0.1) is 0 Å². The predicted molar refractivity (Wildman–Crippen MR) is 113 cm³/mol. The van der Waals surface area contributed by atoms with E-state index in [-0.39, 0.29) is 5.41 Å². The molecule has 6 radical (unpaired) electrons. The third-order valence-corrected chi connectivity index (χ3v) is 8.54. The molecule has 0 saturated heterocycles. The molecule has 1 nitrogen and oxygen atoms in total. The third-order valence-electron chi connectivity index (χ3n) is 6.20. The summed E-state index contributed by atoms with van der Waals surface area (Å²) >= 11 is 8.83. The first kappa shape index (κ1) is 16.5. The van der Waals surface area contributed by atoms with E-state index in [2.05, 4.69) is 125 Å². The highest BCUT2D eigenvalue weighted by Crippen LogP contribution is 2.61. The highest BCUT2D eigenvalue weighted by molar-refractivity contribution is 6.51. The van der Waals surface area contributed by atoms with E-state index in [0.717, 1.165) is 0 Å². The van der Waals surface area contributed by atoms with E-state index in [9.17, 15) is 0 Å². The fourth-order valence-electron chi connectivity index (χ4n) is 5.22. The van der Waals surface area contributed by atoms with Gasteiger partial charge in [-0.05, 0) is 33.4 Å². The SMILES string of the molecule is [Al][c]1c2c([n]([Al])[c]1[Al])-c1ccccc1C21c2ccccc2-c2ccccc21. The highest BCUT2D eigenvalue weighted by Gasteiger charge is 2.52. The first-order chi connectivity index (χ1) is 13.2. The molecular weight excluding hydrogens is 371 g/mol. The molecule has 0 saturated carbocycles. The van der Waals surface area contributed by atoms with Crippen molar-refractivity contribution in [1.82, 2.24) is 3.55 Å². The van der Waals surface area contributed by atoms with E-state index >= 15 is 0 Å². The zero-order valence-electron chi connectivity index (χ0n) is 14.6. The van der Waals surface area contributed by atoms with Crippen LogP contribution in [-0.4, -0.2) is 52.6 Å². The van der Waals surface area contributed by atoms with Crippen LogP contribution in [-0.2, 0) is 5.41 Å². The van der Waals surface area contributed by atoms with Crippen LogP contribution in [0.2, 0.25) is 0 Å². The minimum absolute atomic E-state index is 0.247. The lowest BCUT2D eigenvalue weighted by atomic mass is 9.71. The molecule has 0 amide bonds. The summed E-state index contributed by atoms with van der Waals surface area (Å²) in [5.74, 6) is 0. The number of nitrogens with zero attached hydrogens (tertiary/aromatic N) is 1. The second kappa shape index (κ2) is 5.54. The van der Waals surface area contributed by atoms with E-state index in [1.54, 1.807) is 0 Å². The van der Waals surface area contributed by atoms with Crippen molar-refractivity contribution >= 4 is 58.1 Å². The molecule has 2 aliphatic rings. The van der Waals surface area contributed by atoms with Crippen LogP contribution in [0.3, 0.4) is 0 Å². The van der Waals surface area contributed by atoms with Gasteiger partial charge in [-0.2, -0.15) is 0 Å². The van der Waals surface area contributed by atoms with Crippen molar-refractivity contribution in [3.8, 4) is 22.4 Å². The van der Waals surface area contributed by atoms with Crippen molar-refractivity contribution in [1.29, 1.82) is 0 Å². The number of fused-ring (bicyclic) bond motifs is 10. The largest absolute Gasteiger partial charge is 0.471 e. The topological polar surface area (TPSA) is 4.93 Å². The molecule has 0 aliphatic heterocycles. The molecule has 1 aromatic heterocycles. The Balaban J connectivity index is 1.91. The summed E-state index contributed by atoms with van der Waals surface area (Å²) in [4.78, 5) is 0. The quantitative estimate of drug-likeness (QED) is 0.355. The van der Waals surface area contributed by atoms with Crippen LogP contribution in [0.1, 0.15) is 22.3 Å². The number of rotatable bonds is 0. The van der Waals surface area contributed by atoms with E-state index in [1.165, 1.54) is 53.6 Å². The second-order valence-corrected chi connectivity index (χ2v) is 8.92. The number of hydrogen-bond donors (Lipinski definition) is 0. The Morgan fingerprint density at radius 3 is 1.63 bits per heavy atom. The molecule has 4 heteroatoms. The molecule has 0 bridgehead atoms. The molecule has 2 aliphatic carbocycles. The van der Waals surface area contributed by atoms with E-state index in [0.29, 0.717) is 0 Å². The van der Waals surface area contributed by atoms with Gasteiger partial charge in [0.1, 0.15) is 0 Å². The molecule has 0 atom stereocenters. The van der Waals surface area contributed by atoms with E-state index < -0.39 is 0 Å². The lowest BCUT2D eigenvalue weighted by Crippen LogP contribution is -2.37. The van der Waals surface area contributed by atoms with E-state index in [1.807, 2.05) is 0 Å². The van der Waals surface area contributed by atoms with Crippen LogP contribution in [0.5, 0.6) is 0 Å². The van der Waals surface area contributed by atoms with Crippen molar-refractivity contribution in [2.75, 3.05) is 0 Å².